The zero-order valence-electron chi connectivity index (χ0n) is 18.6. The molecule has 2 aromatic carbocycles. The van der Waals surface area contributed by atoms with Gasteiger partial charge in [-0.05, 0) is 81.4 Å². The molecule has 33 heavy (non-hydrogen) atoms. The molecule has 1 fully saturated rings. The van der Waals surface area contributed by atoms with Crippen LogP contribution in [0.15, 0.2) is 76.9 Å². The molecule has 2 heterocycles. The third kappa shape index (κ3) is 4.35. The molecule has 3 aromatic rings. The van der Waals surface area contributed by atoms with E-state index < -0.39 is 17.7 Å². The molecule has 1 saturated heterocycles. The van der Waals surface area contributed by atoms with Crippen LogP contribution in [0, 0.1) is 0 Å². The van der Waals surface area contributed by atoms with Crippen LogP contribution in [0.25, 0.3) is 5.76 Å². The van der Waals surface area contributed by atoms with E-state index in [1.807, 2.05) is 20.8 Å². The molecule has 1 aliphatic rings. The molecule has 170 valence electrons. The number of hydrogen-bond donors (Lipinski definition) is 1. The van der Waals surface area contributed by atoms with Crippen molar-refractivity contribution in [1.29, 1.82) is 0 Å². The molecule has 0 spiro atoms. The fourth-order valence-corrected chi connectivity index (χ4v) is 3.80. The Bertz CT molecular complexity index is 1160. The minimum Gasteiger partial charge on any atom is -0.507 e. The third-order valence-electron chi connectivity index (χ3n) is 5.18. The molecule has 1 aliphatic heterocycles. The maximum absolute atomic E-state index is 13.1. The second-order valence-corrected chi connectivity index (χ2v) is 7.80. The summed E-state index contributed by atoms with van der Waals surface area (Å²) < 4.78 is 16.7. The van der Waals surface area contributed by atoms with Crippen molar-refractivity contribution < 1.29 is 28.6 Å². The minimum absolute atomic E-state index is 0.00263. The zero-order valence-corrected chi connectivity index (χ0v) is 18.6. The highest BCUT2D eigenvalue weighted by Crippen LogP contribution is 2.42. The number of rotatable bonds is 7. The van der Waals surface area contributed by atoms with E-state index in [-0.39, 0.29) is 17.4 Å². The van der Waals surface area contributed by atoms with Gasteiger partial charge in [0, 0.05) is 11.3 Å². The quantitative estimate of drug-likeness (QED) is 0.308. The van der Waals surface area contributed by atoms with Gasteiger partial charge in [0.25, 0.3) is 11.7 Å². The molecule has 0 bridgehead atoms. The van der Waals surface area contributed by atoms with E-state index in [4.69, 9.17) is 13.9 Å². The van der Waals surface area contributed by atoms with Gasteiger partial charge in [0.05, 0.1) is 24.5 Å². The number of ketones is 1. The number of carbonyl (C=O) groups excluding carboxylic acids is 2. The summed E-state index contributed by atoms with van der Waals surface area (Å²) in [5, 5.41) is 11.1. The van der Waals surface area contributed by atoms with Crippen LogP contribution in [-0.2, 0) is 9.59 Å². The van der Waals surface area contributed by atoms with E-state index in [0.29, 0.717) is 35.1 Å². The summed E-state index contributed by atoms with van der Waals surface area (Å²) in [7, 11) is 0. The van der Waals surface area contributed by atoms with E-state index >= 15 is 0 Å². The van der Waals surface area contributed by atoms with E-state index in [0.717, 1.165) is 0 Å². The maximum Gasteiger partial charge on any atom is 0.300 e. The predicted octanol–water partition coefficient (Wildman–Crippen LogP) is 5.09. The highest BCUT2D eigenvalue weighted by Gasteiger charge is 2.48. The fraction of sp³-hybridized carbons (Fsp3) is 0.231. The largest absolute Gasteiger partial charge is 0.507 e. The molecule has 7 heteroatoms. The Morgan fingerprint density at radius 3 is 2.27 bits per heavy atom. The number of hydrogen-bond acceptors (Lipinski definition) is 6. The van der Waals surface area contributed by atoms with Crippen molar-refractivity contribution in [1.82, 2.24) is 0 Å². The number of amides is 1. The third-order valence-corrected chi connectivity index (χ3v) is 5.18. The first-order valence-electron chi connectivity index (χ1n) is 10.7. The number of ether oxygens (including phenoxy) is 2. The van der Waals surface area contributed by atoms with E-state index in [9.17, 15) is 14.7 Å². The van der Waals surface area contributed by atoms with Gasteiger partial charge in [-0.3, -0.25) is 14.5 Å². The highest BCUT2D eigenvalue weighted by molar-refractivity contribution is 6.51. The maximum atomic E-state index is 13.1. The highest BCUT2D eigenvalue weighted by atomic mass is 16.5. The van der Waals surface area contributed by atoms with E-state index in [1.54, 1.807) is 60.7 Å². The Hall–Kier alpha value is -4.00. The Kier molecular flexibility index (Phi) is 6.22. The summed E-state index contributed by atoms with van der Waals surface area (Å²) in [5.41, 5.74) is 0.843. The van der Waals surface area contributed by atoms with Crippen molar-refractivity contribution in [3.63, 3.8) is 0 Å². The number of Topliss-reactive ketones (excluding diaryl/α,β-unsaturated/α-hetero) is 1. The summed E-state index contributed by atoms with van der Waals surface area (Å²) in [6.07, 6.45) is 1.47. The van der Waals surface area contributed by atoms with Crippen LogP contribution >= 0.6 is 0 Å². The lowest BCUT2D eigenvalue weighted by Gasteiger charge is -2.23. The molecule has 0 radical (unpaired) electrons. The molecule has 1 aromatic heterocycles. The van der Waals surface area contributed by atoms with Crippen molar-refractivity contribution in [2.24, 2.45) is 0 Å². The fourth-order valence-electron chi connectivity index (χ4n) is 3.80. The van der Waals surface area contributed by atoms with Gasteiger partial charge < -0.3 is 19.0 Å². The Balaban J connectivity index is 1.78. The molecule has 4 rings (SSSR count). The lowest BCUT2D eigenvalue weighted by molar-refractivity contribution is -0.132. The lowest BCUT2D eigenvalue weighted by atomic mass is 9.99. The van der Waals surface area contributed by atoms with E-state index in [1.165, 1.54) is 11.2 Å². The molecule has 7 nitrogen and oxygen atoms in total. The van der Waals surface area contributed by atoms with Gasteiger partial charge in [0.1, 0.15) is 29.1 Å². The van der Waals surface area contributed by atoms with Gasteiger partial charge in [0.2, 0.25) is 0 Å². The number of furan rings is 1. The van der Waals surface area contributed by atoms with Crippen molar-refractivity contribution in [2.75, 3.05) is 11.5 Å². The second-order valence-electron chi connectivity index (χ2n) is 7.80. The summed E-state index contributed by atoms with van der Waals surface area (Å²) >= 11 is 0. The smallest absolute Gasteiger partial charge is 0.300 e. The predicted molar refractivity (Wildman–Crippen MR) is 123 cm³/mol. The van der Waals surface area contributed by atoms with Crippen molar-refractivity contribution >= 4 is 23.1 Å². The van der Waals surface area contributed by atoms with Gasteiger partial charge in [-0.25, -0.2) is 0 Å². The molecule has 1 atom stereocenters. The van der Waals surface area contributed by atoms with Crippen LogP contribution in [0.2, 0.25) is 0 Å². The van der Waals surface area contributed by atoms with Crippen molar-refractivity contribution in [3.05, 3.63) is 83.8 Å². The number of benzene rings is 2. The molecule has 0 aliphatic carbocycles. The molecule has 1 unspecified atom stereocenters. The molecular weight excluding hydrogens is 422 g/mol. The van der Waals surface area contributed by atoms with Crippen molar-refractivity contribution in [2.45, 2.75) is 32.9 Å². The standard InChI is InChI=1S/C26H25NO6/c1-4-31-19-13-9-18(10-14-19)27-23(21-6-5-15-32-21)22(25(29)26(27)30)24(28)17-7-11-20(12-8-17)33-16(2)3/h5-16,23,28H,4H2,1-3H3/b24-22-. The number of aliphatic hydroxyl groups excluding tert-OH is 1. The minimum atomic E-state index is -0.912. The van der Waals surface area contributed by atoms with Gasteiger partial charge in [-0.15, -0.1) is 0 Å². The number of anilines is 1. The number of aliphatic hydroxyl groups is 1. The van der Waals surface area contributed by atoms with Crippen LogP contribution in [0.5, 0.6) is 11.5 Å². The molecule has 0 saturated carbocycles. The van der Waals surface area contributed by atoms with Crippen LogP contribution in [0.3, 0.4) is 0 Å². The van der Waals surface area contributed by atoms with Crippen LogP contribution in [0.4, 0.5) is 5.69 Å². The van der Waals surface area contributed by atoms with Crippen LogP contribution in [-0.4, -0.2) is 29.5 Å². The Labute approximate surface area is 191 Å². The molecule has 1 N–H and O–H groups in total. The average molecular weight is 447 g/mol. The van der Waals surface area contributed by atoms with Crippen molar-refractivity contribution in [3.8, 4) is 11.5 Å². The van der Waals surface area contributed by atoms with Gasteiger partial charge in [-0.2, -0.15) is 0 Å². The van der Waals surface area contributed by atoms with Crippen LogP contribution in [0.1, 0.15) is 38.1 Å². The normalized spacial score (nSPS) is 17.6. The summed E-state index contributed by atoms with van der Waals surface area (Å²) in [6, 6.07) is 16.0. The topological polar surface area (TPSA) is 89.2 Å². The molecule has 1 amide bonds. The lowest BCUT2D eigenvalue weighted by Crippen LogP contribution is -2.29. The second kappa shape index (κ2) is 9.24. The van der Waals surface area contributed by atoms with E-state index in [2.05, 4.69) is 0 Å². The Morgan fingerprint density at radius 2 is 1.70 bits per heavy atom. The first-order chi connectivity index (χ1) is 15.9. The first-order valence-corrected chi connectivity index (χ1v) is 10.7. The summed E-state index contributed by atoms with van der Waals surface area (Å²) in [4.78, 5) is 27.5. The number of carbonyl (C=O) groups is 2. The summed E-state index contributed by atoms with van der Waals surface area (Å²) in [6.45, 7) is 6.22. The SMILES string of the molecule is CCOc1ccc(N2C(=O)C(=O)/C(=C(\O)c3ccc(OC(C)C)cc3)C2c2ccco2)cc1. The molecular formula is C26H25NO6. The van der Waals surface area contributed by atoms with Gasteiger partial charge in [0.15, 0.2) is 0 Å². The zero-order chi connectivity index (χ0) is 23.5. The van der Waals surface area contributed by atoms with Gasteiger partial charge >= 0.3 is 0 Å². The summed E-state index contributed by atoms with van der Waals surface area (Å²) in [5.74, 6) is -0.161. The number of nitrogens with zero attached hydrogens (tertiary/aromatic N) is 1. The average Bonchev–Trinajstić information content (AvgIpc) is 3.41. The monoisotopic (exact) mass is 447 g/mol. The van der Waals surface area contributed by atoms with Gasteiger partial charge in [-0.1, -0.05) is 0 Å². The Morgan fingerprint density at radius 1 is 1.03 bits per heavy atom. The first kappa shape index (κ1) is 22.2. The van der Waals surface area contributed by atoms with Crippen LogP contribution < -0.4 is 14.4 Å².